The number of aromatic nitrogens is 1. The number of hydrogen-bond donors (Lipinski definition) is 2. The predicted molar refractivity (Wildman–Crippen MR) is 57.5 cm³/mol. The third kappa shape index (κ3) is 1.64. The Morgan fingerprint density at radius 2 is 2.00 bits per heavy atom. The Morgan fingerprint density at radius 1 is 1.33 bits per heavy atom. The highest BCUT2D eigenvalue weighted by molar-refractivity contribution is 7.86. The lowest BCUT2D eigenvalue weighted by Gasteiger charge is -1.97. The topological polar surface area (TPSA) is 70.2 Å². The van der Waals surface area contributed by atoms with Crippen molar-refractivity contribution in [2.75, 3.05) is 0 Å². The van der Waals surface area contributed by atoms with Crippen LogP contribution in [0.5, 0.6) is 0 Å². The van der Waals surface area contributed by atoms with Gasteiger partial charge in [0.25, 0.3) is 10.1 Å². The molecule has 0 atom stereocenters. The Balaban J connectivity index is 2.91. The molecular formula is C10H11NO3S. The highest BCUT2D eigenvalue weighted by Gasteiger charge is 2.20. The molecular weight excluding hydrogens is 214 g/mol. The van der Waals surface area contributed by atoms with Crippen LogP contribution >= 0.6 is 0 Å². The van der Waals surface area contributed by atoms with Crippen LogP contribution in [0, 0.1) is 0 Å². The fourth-order valence-corrected chi connectivity index (χ4v) is 2.68. The van der Waals surface area contributed by atoms with E-state index in [0.717, 1.165) is 5.52 Å². The molecule has 5 heteroatoms. The number of aromatic amines is 1. The van der Waals surface area contributed by atoms with Crippen molar-refractivity contribution in [3.63, 3.8) is 0 Å². The van der Waals surface area contributed by atoms with E-state index in [9.17, 15) is 8.42 Å². The van der Waals surface area contributed by atoms with Gasteiger partial charge in [0.1, 0.15) is 4.90 Å². The second kappa shape index (κ2) is 3.36. The van der Waals surface area contributed by atoms with Gasteiger partial charge in [0.15, 0.2) is 0 Å². The van der Waals surface area contributed by atoms with Crippen molar-refractivity contribution in [2.24, 2.45) is 0 Å². The standard InChI is InChI=1S/C10H11NO3S/c1-2-8-10(15(12,13)14)7-5-3-4-6-9(7)11-8/h3-6,11H,2H2,1H3,(H,12,13,14). The van der Waals surface area contributed by atoms with Crippen LogP contribution in [0.4, 0.5) is 0 Å². The average molecular weight is 225 g/mol. The second-order valence-electron chi connectivity index (χ2n) is 3.31. The number of benzene rings is 1. The van der Waals surface area contributed by atoms with Gasteiger partial charge >= 0.3 is 0 Å². The first-order valence-electron chi connectivity index (χ1n) is 4.61. The third-order valence-corrected chi connectivity index (χ3v) is 3.33. The molecule has 0 aliphatic rings. The van der Waals surface area contributed by atoms with Crippen LogP contribution < -0.4 is 0 Å². The fraction of sp³-hybridized carbons (Fsp3) is 0.200. The summed E-state index contributed by atoms with van der Waals surface area (Å²) in [6.45, 7) is 1.83. The summed E-state index contributed by atoms with van der Waals surface area (Å²) < 4.78 is 31.6. The summed E-state index contributed by atoms with van der Waals surface area (Å²) in [6.07, 6.45) is 0.532. The summed E-state index contributed by atoms with van der Waals surface area (Å²) >= 11 is 0. The molecule has 0 aliphatic heterocycles. The SMILES string of the molecule is CCc1[nH]c2ccccc2c1S(=O)(=O)O. The minimum Gasteiger partial charge on any atom is -0.357 e. The summed E-state index contributed by atoms with van der Waals surface area (Å²) in [4.78, 5) is 2.98. The van der Waals surface area contributed by atoms with Crippen molar-refractivity contribution in [1.82, 2.24) is 4.98 Å². The first-order valence-corrected chi connectivity index (χ1v) is 6.05. The van der Waals surface area contributed by atoms with Crippen molar-refractivity contribution in [1.29, 1.82) is 0 Å². The van der Waals surface area contributed by atoms with Crippen LogP contribution in [0.15, 0.2) is 29.2 Å². The summed E-state index contributed by atoms with van der Waals surface area (Å²) in [5, 5.41) is 0.539. The Kier molecular flexibility index (Phi) is 2.28. The molecule has 0 aliphatic carbocycles. The minimum absolute atomic E-state index is 0.000556. The van der Waals surface area contributed by atoms with E-state index in [4.69, 9.17) is 4.55 Å². The molecule has 0 unspecified atom stereocenters. The molecule has 1 heterocycles. The fourth-order valence-electron chi connectivity index (χ4n) is 1.72. The van der Waals surface area contributed by atoms with Gasteiger partial charge in [-0.1, -0.05) is 25.1 Å². The first kappa shape index (κ1) is 10.2. The Bertz CT molecular complexity index is 598. The molecule has 0 fully saturated rings. The van der Waals surface area contributed by atoms with Crippen molar-refractivity contribution in [2.45, 2.75) is 18.2 Å². The van der Waals surface area contributed by atoms with E-state index >= 15 is 0 Å². The van der Waals surface area contributed by atoms with E-state index in [1.807, 2.05) is 13.0 Å². The van der Waals surface area contributed by atoms with Gasteiger partial charge in [-0.2, -0.15) is 8.42 Å². The smallest absolute Gasteiger partial charge is 0.296 e. The number of nitrogens with one attached hydrogen (secondary N) is 1. The largest absolute Gasteiger partial charge is 0.357 e. The number of fused-ring (bicyclic) bond motifs is 1. The number of rotatable bonds is 2. The summed E-state index contributed by atoms with van der Waals surface area (Å²) in [6, 6.07) is 7.01. The highest BCUT2D eigenvalue weighted by atomic mass is 32.2. The zero-order chi connectivity index (χ0) is 11.1. The molecule has 0 saturated carbocycles. The summed E-state index contributed by atoms with van der Waals surface area (Å²) in [5.41, 5.74) is 1.26. The van der Waals surface area contributed by atoms with Crippen LogP contribution in [0.1, 0.15) is 12.6 Å². The summed E-state index contributed by atoms with van der Waals surface area (Å²) in [7, 11) is -4.16. The quantitative estimate of drug-likeness (QED) is 0.768. The first-order chi connectivity index (χ1) is 7.04. The zero-order valence-corrected chi connectivity index (χ0v) is 9.00. The number of para-hydroxylation sites is 1. The Hall–Kier alpha value is -1.33. The normalized spacial score (nSPS) is 12.1. The maximum absolute atomic E-state index is 11.2. The summed E-state index contributed by atoms with van der Waals surface area (Å²) in [5.74, 6) is 0. The molecule has 15 heavy (non-hydrogen) atoms. The van der Waals surface area contributed by atoms with E-state index in [-0.39, 0.29) is 4.90 Å². The minimum atomic E-state index is -4.16. The molecule has 2 N–H and O–H groups in total. The van der Waals surface area contributed by atoms with Gasteiger partial charge in [-0.3, -0.25) is 4.55 Å². The molecule has 1 aromatic heterocycles. The maximum atomic E-state index is 11.2. The Morgan fingerprint density at radius 3 is 2.60 bits per heavy atom. The van der Waals surface area contributed by atoms with Crippen molar-refractivity contribution < 1.29 is 13.0 Å². The lowest BCUT2D eigenvalue weighted by atomic mass is 10.2. The molecule has 0 spiro atoms. The Labute approximate surface area is 87.7 Å². The van der Waals surface area contributed by atoms with Crippen LogP contribution in [-0.2, 0) is 16.5 Å². The highest BCUT2D eigenvalue weighted by Crippen LogP contribution is 2.26. The molecule has 0 bridgehead atoms. The van der Waals surface area contributed by atoms with E-state index in [1.165, 1.54) is 0 Å². The van der Waals surface area contributed by atoms with Gasteiger partial charge in [0, 0.05) is 16.6 Å². The predicted octanol–water partition coefficient (Wildman–Crippen LogP) is 1.98. The molecule has 2 aromatic rings. The van der Waals surface area contributed by atoms with Gasteiger partial charge in [-0.25, -0.2) is 0 Å². The van der Waals surface area contributed by atoms with Crippen LogP contribution in [0.25, 0.3) is 10.9 Å². The van der Waals surface area contributed by atoms with Gasteiger partial charge in [0.05, 0.1) is 0 Å². The van der Waals surface area contributed by atoms with E-state index in [2.05, 4.69) is 4.98 Å². The van der Waals surface area contributed by atoms with Gasteiger partial charge in [-0.15, -0.1) is 0 Å². The molecule has 1 aromatic carbocycles. The van der Waals surface area contributed by atoms with Gasteiger partial charge < -0.3 is 4.98 Å². The van der Waals surface area contributed by atoms with E-state index < -0.39 is 10.1 Å². The van der Waals surface area contributed by atoms with Crippen molar-refractivity contribution >= 4 is 21.0 Å². The van der Waals surface area contributed by atoms with E-state index in [0.29, 0.717) is 17.5 Å². The number of hydrogen-bond acceptors (Lipinski definition) is 2. The lowest BCUT2D eigenvalue weighted by Crippen LogP contribution is -2.00. The molecule has 0 saturated heterocycles. The van der Waals surface area contributed by atoms with Crippen molar-refractivity contribution in [3.05, 3.63) is 30.0 Å². The second-order valence-corrected chi connectivity index (χ2v) is 4.67. The third-order valence-electron chi connectivity index (χ3n) is 2.34. The average Bonchev–Trinajstić information content (AvgIpc) is 2.54. The molecule has 4 nitrogen and oxygen atoms in total. The zero-order valence-electron chi connectivity index (χ0n) is 8.19. The number of aryl methyl sites for hydroxylation is 1. The van der Waals surface area contributed by atoms with Gasteiger partial charge in [-0.05, 0) is 12.5 Å². The van der Waals surface area contributed by atoms with Crippen LogP contribution in [0.3, 0.4) is 0 Å². The van der Waals surface area contributed by atoms with Crippen LogP contribution in [0.2, 0.25) is 0 Å². The monoisotopic (exact) mass is 225 g/mol. The number of H-pyrrole nitrogens is 1. The van der Waals surface area contributed by atoms with Gasteiger partial charge in [0.2, 0.25) is 0 Å². The molecule has 0 amide bonds. The molecule has 80 valence electrons. The van der Waals surface area contributed by atoms with Crippen molar-refractivity contribution in [3.8, 4) is 0 Å². The van der Waals surface area contributed by atoms with Crippen LogP contribution in [-0.4, -0.2) is 18.0 Å². The maximum Gasteiger partial charge on any atom is 0.296 e. The van der Waals surface area contributed by atoms with E-state index in [1.54, 1.807) is 18.2 Å². The lowest BCUT2D eigenvalue weighted by molar-refractivity contribution is 0.483. The molecule has 2 rings (SSSR count). The molecule has 0 radical (unpaired) electrons.